The smallest absolute Gasteiger partial charge is 0.303 e. The number of hydrogen-bond donors (Lipinski definition) is 2. The van der Waals surface area contributed by atoms with Gasteiger partial charge in [-0.3, -0.25) is 9.59 Å². The molecule has 0 unspecified atom stereocenters. The molecule has 0 spiro atoms. The summed E-state index contributed by atoms with van der Waals surface area (Å²) >= 11 is 0. The second-order valence-electron chi connectivity index (χ2n) is 5.42. The van der Waals surface area contributed by atoms with Crippen molar-refractivity contribution in [1.82, 2.24) is 0 Å². The normalized spacial score (nSPS) is 10.3. The van der Waals surface area contributed by atoms with Gasteiger partial charge in [0.1, 0.15) is 0 Å². The molecule has 0 heterocycles. The summed E-state index contributed by atoms with van der Waals surface area (Å²) in [5.74, 6) is -0.961. The molecule has 2 N–H and O–H groups in total. The van der Waals surface area contributed by atoms with Crippen molar-refractivity contribution in [3.8, 4) is 0 Å². The summed E-state index contributed by atoms with van der Waals surface area (Å²) in [6.45, 7) is 3.92. The Labute approximate surface area is 129 Å². The molecular weight excluding hydrogens is 278 g/mol. The lowest BCUT2D eigenvalue weighted by molar-refractivity contribution is -0.136. The average Bonchev–Trinajstić information content (AvgIpc) is 2.45. The molecule has 1 amide bonds. The standard InChI is InChI=1S/C18H19NO3/c1-12-9-13(2)11-15(10-12)18(22)19-16-6-3-14(4-7-16)5-8-17(20)21/h3-4,6-7,9-11H,5,8H2,1-2H3,(H,19,22)(H,20,21). The van der Waals surface area contributed by atoms with Gasteiger partial charge < -0.3 is 10.4 Å². The minimum atomic E-state index is -0.813. The zero-order valence-electron chi connectivity index (χ0n) is 12.7. The molecule has 0 aliphatic heterocycles. The number of rotatable bonds is 5. The first-order valence-electron chi connectivity index (χ1n) is 7.14. The first-order valence-corrected chi connectivity index (χ1v) is 7.14. The Bertz CT molecular complexity index is 670. The number of carboxylic acids is 1. The second kappa shape index (κ2) is 6.89. The van der Waals surface area contributed by atoms with Crippen LogP contribution in [0, 0.1) is 13.8 Å². The van der Waals surface area contributed by atoms with Crippen LogP contribution in [0.2, 0.25) is 0 Å². The predicted molar refractivity (Wildman–Crippen MR) is 86.3 cm³/mol. The molecule has 22 heavy (non-hydrogen) atoms. The number of aryl methyl sites for hydroxylation is 3. The van der Waals surface area contributed by atoms with Gasteiger partial charge in [0, 0.05) is 17.7 Å². The Kier molecular flexibility index (Phi) is 4.94. The molecule has 0 aliphatic carbocycles. The highest BCUT2D eigenvalue weighted by Gasteiger charge is 2.07. The number of nitrogens with one attached hydrogen (secondary N) is 1. The number of aliphatic carboxylic acids is 1. The van der Waals surface area contributed by atoms with Gasteiger partial charge in [-0.1, -0.05) is 29.3 Å². The average molecular weight is 297 g/mol. The molecule has 4 heteroatoms. The number of benzene rings is 2. The third kappa shape index (κ3) is 4.45. The second-order valence-corrected chi connectivity index (χ2v) is 5.42. The van der Waals surface area contributed by atoms with E-state index in [9.17, 15) is 9.59 Å². The Morgan fingerprint density at radius 1 is 1.00 bits per heavy atom. The van der Waals surface area contributed by atoms with E-state index in [2.05, 4.69) is 5.32 Å². The van der Waals surface area contributed by atoms with E-state index >= 15 is 0 Å². The number of carboxylic acid groups (broad SMARTS) is 1. The van der Waals surface area contributed by atoms with Crippen LogP contribution in [0.1, 0.15) is 33.5 Å². The van der Waals surface area contributed by atoms with E-state index in [-0.39, 0.29) is 12.3 Å². The van der Waals surface area contributed by atoms with Crippen LogP contribution < -0.4 is 5.32 Å². The van der Waals surface area contributed by atoms with Gasteiger partial charge in [-0.05, 0) is 50.1 Å². The molecule has 0 saturated heterocycles. The first kappa shape index (κ1) is 15.8. The van der Waals surface area contributed by atoms with Crippen molar-refractivity contribution in [2.75, 3.05) is 5.32 Å². The molecule has 0 bridgehead atoms. The summed E-state index contributed by atoms with van der Waals surface area (Å²) in [7, 11) is 0. The summed E-state index contributed by atoms with van der Waals surface area (Å²) in [6, 6.07) is 13.0. The van der Waals surface area contributed by atoms with Crippen molar-refractivity contribution in [1.29, 1.82) is 0 Å². The van der Waals surface area contributed by atoms with Gasteiger partial charge in [0.2, 0.25) is 0 Å². The van der Waals surface area contributed by atoms with Crippen molar-refractivity contribution >= 4 is 17.6 Å². The number of carbonyl (C=O) groups excluding carboxylic acids is 1. The van der Waals surface area contributed by atoms with Crippen LogP contribution in [-0.2, 0) is 11.2 Å². The Hall–Kier alpha value is -2.62. The van der Waals surface area contributed by atoms with Crippen molar-refractivity contribution < 1.29 is 14.7 Å². The van der Waals surface area contributed by atoms with Gasteiger partial charge in [0.05, 0.1) is 0 Å². The number of carbonyl (C=O) groups is 2. The molecule has 0 radical (unpaired) electrons. The molecule has 0 aliphatic rings. The minimum absolute atomic E-state index is 0.105. The van der Waals surface area contributed by atoms with E-state index in [1.54, 1.807) is 12.1 Å². The topological polar surface area (TPSA) is 66.4 Å². The summed E-state index contributed by atoms with van der Waals surface area (Å²) in [5, 5.41) is 11.5. The summed E-state index contributed by atoms with van der Waals surface area (Å²) < 4.78 is 0. The predicted octanol–water partition coefficient (Wildman–Crippen LogP) is 3.57. The largest absolute Gasteiger partial charge is 0.481 e. The van der Waals surface area contributed by atoms with E-state index in [4.69, 9.17) is 5.11 Å². The minimum Gasteiger partial charge on any atom is -0.481 e. The van der Waals surface area contributed by atoms with E-state index in [0.29, 0.717) is 17.7 Å². The van der Waals surface area contributed by atoms with Crippen LogP contribution in [0.4, 0.5) is 5.69 Å². The monoisotopic (exact) mass is 297 g/mol. The maximum absolute atomic E-state index is 12.2. The lowest BCUT2D eigenvalue weighted by Crippen LogP contribution is -2.12. The van der Waals surface area contributed by atoms with Gasteiger partial charge >= 0.3 is 5.97 Å². The lowest BCUT2D eigenvalue weighted by Gasteiger charge is -2.08. The Balaban J connectivity index is 2.03. The maximum atomic E-state index is 12.2. The SMILES string of the molecule is Cc1cc(C)cc(C(=O)Nc2ccc(CCC(=O)O)cc2)c1. The van der Waals surface area contributed by atoms with Crippen LogP contribution in [0.5, 0.6) is 0 Å². The van der Waals surface area contributed by atoms with E-state index < -0.39 is 5.97 Å². The fourth-order valence-electron chi connectivity index (χ4n) is 2.32. The molecule has 0 atom stereocenters. The zero-order valence-corrected chi connectivity index (χ0v) is 12.7. The molecule has 114 valence electrons. The molecule has 2 rings (SSSR count). The van der Waals surface area contributed by atoms with Gasteiger partial charge in [0.25, 0.3) is 5.91 Å². The summed E-state index contributed by atoms with van der Waals surface area (Å²) in [6.07, 6.45) is 0.592. The lowest BCUT2D eigenvalue weighted by atomic mass is 10.1. The van der Waals surface area contributed by atoms with E-state index in [1.165, 1.54) is 0 Å². The highest BCUT2D eigenvalue weighted by atomic mass is 16.4. The molecule has 2 aromatic carbocycles. The molecule has 4 nitrogen and oxygen atoms in total. The highest BCUT2D eigenvalue weighted by Crippen LogP contribution is 2.14. The maximum Gasteiger partial charge on any atom is 0.303 e. The molecule has 0 fully saturated rings. The first-order chi connectivity index (χ1) is 10.4. The number of amides is 1. The van der Waals surface area contributed by atoms with Crippen molar-refractivity contribution in [2.24, 2.45) is 0 Å². The van der Waals surface area contributed by atoms with Crippen molar-refractivity contribution in [3.05, 3.63) is 64.7 Å². The van der Waals surface area contributed by atoms with Crippen LogP contribution in [0.25, 0.3) is 0 Å². The van der Waals surface area contributed by atoms with Crippen LogP contribution in [-0.4, -0.2) is 17.0 Å². The quantitative estimate of drug-likeness (QED) is 0.886. The Morgan fingerprint density at radius 3 is 2.14 bits per heavy atom. The molecule has 2 aromatic rings. The fraction of sp³-hybridized carbons (Fsp3) is 0.222. The third-order valence-corrected chi connectivity index (χ3v) is 3.32. The molecular formula is C18H19NO3. The van der Waals surface area contributed by atoms with Crippen molar-refractivity contribution in [3.63, 3.8) is 0 Å². The van der Waals surface area contributed by atoms with E-state index in [1.807, 2.05) is 44.2 Å². The van der Waals surface area contributed by atoms with Crippen molar-refractivity contribution in [2.45, 2.75) is 26.7 Å². The molecule has 0 aromatic heterocycles. The Morgan fingerprint density at radius 2 is 1.59 bits per heavy atom. The number of anilines is 1. The van der Waals surface area contributed by atoms with Gasteiger partial charge in [0.15, 0.2) is 0 Å². The van der Waals surface area contributed by atoms with Gasteiger partial charge in [-0.25, -0.2) is 0 Å². The fourth-order valence-corrected chi connectivity index (χ4v) is 2.32. The number of hydrogen-bond acceptors (Lipinski definition) is 2. The van der Waals surface area contributed by atoms with Crippen LogP contribution in [0.15, 0.2) is 42.5 Å². The van der Waals surface area contributed by atoms with E-state index in [0.717, 1.165) is 16.7 Å². The zero-order chi connectivity index (χ0) is 16.1. The van der Waals surface area contributed by atoms with Crippen LogP contribution in [0.3, 0.4) is 0 Å². The summed E-state index contributed by atoms with van der Waals surface area (Å²) in [4.78, 5) is 22.8. The van der Waals surface area contributed by atoms with Gasteiger partial charge in [-0.15, -0.1) is 0 Å². The summed E-state index contributed by atoms with van der Waals surface area (Å²) in [5.41, 5.74) is 4.37. The van der Waals surface area contributed by atoms with Gasteiger partial charge in [-0.2, -0.15) is 0 Å². The highest BCUT2D eigenvalue weighted by molar-refractivity contribution is 6.04. The third-order valence-electron chi connectivity index (χ3n) is 3.32. The van der Waals surface area contributed by atoms with Crippen LogP contribution >= 0.6 is 0 Å². The molecule has 0 saturated carbocycles.